The highest BCUT2D eigenvalue weighted by molar-refractivity contribution is 5.91. The minimum Gasteiger partial charge on any atom is -0.497 e. The minimum absolute atomic E-state index is 0.0156. The molecule has 0 unspecified atom stereocenters. The molecule has 1 amide bonds. The van der Waals surface area contributed by atoms with Gasteiger partial charge >= 0.3 is 0 Å². The largest absolute Gasteiger partial charge is 0.497 e. The van der Waals surface area contributed by atoms with E-state index in [2.05, 4.69) is 17.1 Å². The fourth-order valence-electron chi connectivity index (χ4n) is 2.65. The molecule has 1 aromatic rings. The maximum atomic E-state index is 12.2. The fourth-order valence-corrected chi connectivity index (χ4v) is 2.65. The third kappa shape index (κ3) is 5.73. The van der Waals surface area contributed by atoms with Crippen LogP contribution in [-0.4, -0.2) is 57.4 Å². The zero-order valence-electron chi connectivity index (χ0n) is 14.1. The topological polar surface area (TPSA) is 60.0 Å². The Morgan fingerprint density at radius 1 is 1.30 bits per heavy atom. The molecule has 128 valence electrons. The third-order valence-corrected chi connectivity index (χ3v) is 3.83. The van der Waals surface area contributed by atoms with E-state index >= 15 is 0 Å². The van der Waals surface area contributed by atoms with Gasteiger partial charge in [-0.25, -0.2) is 0 Å². The molecule has 2 rings (SSSR count). The Hall–Kier alpha value is -1.79. The molecule has 1 heterocycles. The summed E-state index contributed by atoms with van der Waals surface area (Å²) in [6, 6.07) is 5.33. The van der Waals surface area contributed by atoms with E-state index in [4.69, 9.17) is 14.2 Å². The van der Waals surface area contributed by atoms with Crippen LogP contribution in [0.3, 0.4) is 0 Å². The highest BCUT2D eigenvalue weighted by Crippen LogP contribution is 2.25. The van der Waals surface area contributed by atoms with E-state index in [1.54, 1.807) is 32.4 Å². The molecule has 1 aromatic carbocycles. The van der Waals surface area contributed by atoms with Crippen LogP contribution >= 0.6 is 0 Å². The predicted molar refractivity (Wildman–Crippen MR) is 89.3 cm³/mol. The predicted octanol–water partition coefficient (Wildman–Crippen LogP) is 2.14. The molecule has 1 N–H and O–H groups in total. The molecule has 0 saturated carbocycles. The van der Waals surface area contributed by atoms with Crippen LogP contribution in [0.2, 0.25) is 0 Å². The van der Waals surface area contributed by atoms with Gasteiger partial charge in [-0.05, 0) is 13.3 Å². The average Bonchev–Trinajstić information content (AvgIpc) is 2.76. The quantitative estimate of drug-likeness (QED) is 0.869. The normalized spacial score (nSPS) is 19.0. The van der Waals surface area contributed by atoms with Crippen molar-refractivity contribution < 1.29 is 19.0 Å². The van der Waals surface area contributed by atoms with Crippen molar-refractivity contribution in [1.82, 2.24) is 4.90 Å². The van der Waals surface area contributed by atoms with Gasteiger partial charge in [-0.1, -0.05) is 0 Å². The Kier molecular flexibility index (Phi) is 6.67. The molecule has 0 radical (unpaired) electrons. The fraction of sp³-hybridized carbons (Fsp3) is 0.588. The zero-order chi connectivity index (χ0) is 16.7. The zero-order valence-corrected chi connectivity index (χ0v) is 14.1. The Morgan fingerprint density at radius 3 is 2.65 bits per heavy atom. The summed E-state index contributed by atoms with van der Waals surface area (Å²) in [7, 11) is 3.17. The molecule has 6 heteroatoms. The molecule has 0 spiro atoms. The van der Waals surface area contributed by atoms with Gasteiger partial charge in [0.05, 0.1) is 20.3 Å². The lowest BCUT2D eigenvalue weighted by Gasteiger charge is -2.21. The summed E-state index contributed by atoms with van der Waals surface area (Å²) >= 11 is 0. The van der Waals surface area contributed by atoms with Crippen LogP contribution in [0.15, 0.2) is 18.2 Å². The molecular weight excluding hydrogens is 296 g/mol. The summed E-state index contributed by atoms with van der Waals surface area (Å²) < 4.78 is 16.0. The first kappa shape index (κ1) is 17.6. The molecule has 0 bridgehead atoms. The number of hydrogen-bond donors (Lipinski definition) is 1. The van der Waals surface area contributed by atoms with E-state index in [0.717, 1.165) is 32.7 Å². The first-order valence-electron chi connectivity index (χ1n) is 7.97. The average molecular weight is 322 g/mol. The van der Waals surface area contributed by atoms with Gasteiger partial charge in [0.2, 0.25) is 5.91 Å². The second kappa shape index (κ2) is 8.74. The molecule has 1 fully saturated rings. The first-order valence-corrected chi connectivity index (χ1v) is 7.97. The number of anilines is 1. The van der Waals surface area contributed by atoms with Crippen LogP contribution in [0, 0.1) is 0 Å². The number of nitrogens with one attached hydrogen (secondary N) is 1. The van der Waals surface area contributed by atoms with Gasteiger partial charge in [-0.2, -0.15) is 0 Å². The lowest BCUT2D eigenvalue weighted by Crippen LogP contribution is -2.33. The molecule has 1 aliphatic rings. The van der Waals surface area contributed by atoms with E-state index in [1.807, 2.05) is 0 Å². The van der Waals surface area contributed by atoms with E-state index in [-0.39, 0.29) is 12.0 Å². The van der Waals surface area contributed by atoms with Crippen LogP contribution in [-0.2, 0) is 9.53 Å². The lowest BCUT2D eigenvalue weighted by molar-refractivity contribution is -0.116. The van der Waals surface area contributed by atoms with E-state index in [9.17, 15) is 4.79 Å². The molecule has 0 aromatic heterocycles. The molecule has 23 heavy (non-hydrogen) atoms. The Labute approximate surface area is 137 Å². The van der Waals surface area contributed by atoms with Crippen molar-refractivity contribution in [3.63, 3.8) is 0 Å². The highest BCUT2D eigenvalue weighted by atomic mass is 16.5. The summed E-state index contributed by atoms with van der Waals surface area (Å²) in [6.45, 7) is 5.46. The summed E-state index contributed by atoms with van der Waals surface area (Å²) in [4.78, 5) is 14.5. The van der Waals surface area contributed by atoms with Gasteiger partial charge < -0.3 is 24.4 Å². The second-order valence-corrected chi connectivity index (χ2v) is 5.74. The second-order valence-electron chi connectivity index (χ2n) is 5.74. The number of ether oxygens (including phenoxy) is 3. The maximum absolute atomic E-state index is 12.2. The summed E-state index contributed by atoms with van der Waals surface area (Å²) in [6.07, 6.45) is 1.69. The number of hydrogen-bond acceptors (Lipinski definition) is 5. The van der Waals surface area contributed by atoms with Gasteiger partial charge in [0.25, 0.3) is 0 Å². The Balaban J connectivity index is 1.86. The Morgan fingerprint density at radius 2 is 2.00 bits per heavy atom. The third-order valence-electron chi connectivity index (χ3n) is 3.83. The van der Waals surface area contributed by atoms with Crippen LogP contribution < -0.4 is 14.8 Å². The number of methoxy groups -OCH3 is 2. The lowest BCUT2D eigenvalue weighted by atomic mass is 10.2. The monoisotopic (exact) mass is 322 g/mol. The number of nitrogens with zero attached hydrogens (tertiary/aromatic N) is 1. The standard InChI is InChI=1S/C17H26N2O4/c1-13-12-19(6-4-8-23-13)7-5-17(20)18-14-9-15(21-2)11-16(10-14)22-3/h9-11,13H,4-8,12H2,1-3H3,(H,18,20)/t13-/m1/s1. The van der Waals surface area contributed by atoms with E-state index in [1.165, 1.54) is 0 Å². The van der Waals surface area contributed by atoms with Gasteiger partial charge in [-0.3, -0.25) is 4.79 Å². The van der Waals surface area contributed by atoms with Crippen LogP contribution in [0.4, 0.5) is 5.69 Å². The molecule has 0 aliphatic carbocycles. The number of carbonyl (C=O) groups excluding carboxylic acids is 1. The molecule has 1 saturated heterocycles. The van der Waals surface area contributed by atoms with Crippen molar-refractivity contribution in [1.29, 1.82) is 0 Å². The SMILES string of the molecule is COc1cc(NC(=O)CCN2CCCO[C@H](C)C2)cc(OC)c1. The van der Waals surface area contributed by atoms with E-state index in [0.29, 0.717) is 23.6 Å². The van der Waals surface area contributed by atoms with Crippen molar-refractivity contribution in [2.24, 2.45) is 0 Å². The summed E-state index contributed by atoms with van der Waals surface area (Å²) in [5.74, 6) is 1.29. The van der Waals surface area contributed by atoms with Crippen molar-refractivity contribution in [3.8, 4) is 11.5 Å². The molecule has 1 aliphatic heterocycles. The van der Waals surface area contributed by atoms with Gasteiger partial charge in [0.1, 0.15) is 11.5 Å². The molecule has 6 nitrogen and oxygen atoms in total. The van der Waals surface area contributed by atoms with Gasteiger partial charge in [0, 0.05) is 56.5 Å². The minimum atomic E-state index is -0.0156. The Bertz CT molecular complexity index is 499. The van der Waals surface area contributed by atoms with Crippen molar-refractivity contribution in [2.45, 2.75) is 25.9 Å². The van der Waals surface area contributed by atoms with Gasteiger partial charge in [0.15, 0.2) is 0 Å². The number of rotatable bonds is 6. The highest BCUT2D eigenvalue weighted by Gasteiger charge is 2.16. The molecule has 1 atom stereocenters. The van der Waals surface area contributed by atoms with Crippen molar-refractivity contribution in [2.75, 3.05) is 45.8 Å². The number of amides is 1. The van der Waals surface area contributed by atoms with Crippen molar-refractivity contribution in [3.05, 3.63) is 18.2 Å². The van der Waals surface area contributed by atoms with Gasteiger partial charge in [-0.15, -0.1) is 0 Å². The number of carbonyl (C=O) groups is 1. The van der Waals surface area contributed by atoms with Crippen LogP contribution in [0.25, 0.3) is 0 Å². The maximum Gasteiger partial charge on any atom is 0.225 e. The number of benzene rings is 1. The van der Waals surface area contributed by atoms with E-state index < -0.39 is 0 Å². The van der Waals surface area contributed by atoms with Crippen molar-refractivity contribution >= 4 is 11.6 Å². The first-order chi connectivity index (χ1) is 11.1. The molecular formula is C17H26N2O4. The summed E-state index contributed by atoms with van der Waals surface area (Å²) in [5.41, 5.74) is 0.679. The summed E-state index contributed by atoms with van der Waals surface area (Å²) in [5, 5.41) is 2.90. The van der Waals surface area contributed by atoms with Crippen LogP contribution in [0.1, 0.15) is 19.8 Å². The smallest absolute Gasteiger partial charge is 0.225 e. The van der Waals surface area contributed by atoms with Crippen LogP contribution in [0.5, 0.6) is 11.5 Å².